The molecule has 2 heterocycles. The summed E-state index contributed by atoms with van der Waals surface area (Å²) in [5.41, 5.74) is 4.36. The van der Waals surface area contributed by atoms with Gasteiger partial charge in [0.2, 0.25) is 5.91 Å². The zero-order valence-electron chi connectivity index (χ0n) is 18.1. The first kappa shape index (κ1) is 21.3. The molecule has 1 N–H and O–H groups in total. The molecular weight excluding hydrogens is 390 g/mol. The van der Waals surface area contributed by atoms with Crippen LogP contribution in [0.3, 0.4) is 0 Å². The number of nitrogens with zero attached hydrogens (tertiary/aromatic N) is 2. The minimum Gasteiger partial charge on any atom is -0.492 e. The van der Waals surface area contributed by atoms with Crippen LogP contribution in [0, 0.1) is 5.92 Å². The average molecular weight is 420 g/mol. The SMILES string of the molecule is COCCN(C)Cc1ccc(-c2cc(OC[C@H]3CNC(=O)C3)c3cccnc3c2)cc1. The first-order chi connectivity index (χ1) is 15.1. The summed E-state index contributed by atoms with van der Waals surface area (Å²) in [5.74, 6) is 1.11. The molecule has 1 fully saturated rings. The summed E-state index contributed by atoms with van der Waals surface area (Å²) in [5, 5.41) is 3.85. The molecular formula is C25H29N3O3. The van der Waals surface area contributed by atoms with Crippen molar-refractivity contribution in [1.29, 1.82) is 0 Å². The van der Waals surface area contributed by atoms with Crippen LogP contribution in [0.1, 0.15) is 12.0 Å². The van der Waals surface area contributed by atoms with Crippen LogP contribution < -0.4 is 10.1 Å². The van der Waals surface area contributed by atoms with Crippen molar-refractivity contribution in [2.45, 2.75) is 13.0 Å². The van der Waals surface area contributed by atoms with Gasteiger partial charge < -0.3 is 14.8 Å². The maximum Gasteiger partial charge on any atom is 0.220 e. The van der Waals surface area contributed by atoms with E-state index in [1.807, 2.05) is 12.1 Å². The molecule has 3 aromatic rings. The molecule has 1 atom stereocenters. The molecule has 6 nitrogen and oxygen atoms in total. The normalized spacial score (nSPS) is 16.1. The van der Waals surface area contributed by atoms with Gasteiger partial charge in [0.25, 0.3) is 0 Å². The second-order valence-electron chi connectivity index (χ2n) is 8.16. The lowest BCUT2D eigenvalue weighted by Crippen LogP contribution is -2.22. The van der Waals surface area contributed by atoms with E-state index < -0.39 is 0 Å². The summed E-state index contributed by atoms with van der Waals surface area (Å²) in [6.45, 7) is 3.70. The Morgan fingerprint density at radius 2 is 2.00 bits per heavy atom. The molecule has 162 valence electrons. The molecule has 0 saturated carbocycles. The molecule has 6 heteroatoms. The molecule has 2 aromatic carbocycles. The molecule has 1 aliphatic heterocycles. The summed E-state index contributed by atoms with van der Waals surface area (Å²) in [7, 11) is 3.82. The number of fused-ring (bicyclic) bond motifs is 1. The maximum absolute atomic E-state index is 11.5. The second-order valence-corrected chi connectivity index (χ2v) is 8.16. The zero-order chi connectivity index (χ0) is 21.6. The Hall–Kier alpha value is -2.96. The predicted octanol–water partition coefficient (Wildman–Crippen LogP) is 3.49. The number of carbonyl (C=O) groups excluding carboxylic acids is 1. The summed E-state index contributed by atoms with van der Waals surface area (Å²) in [6, 6.07) is 16.7. The topological polar surface area (TPSA) is 63.7 Å². The van der Waals surface area contributed by atoms with E-state index in [9.17, 15) is 4.79 Å². The highest BCUT2D eigenvalue weighted by Gasteiger charge is 2.22. The van der Waals surface area contributed by atoms with E-state index >= 15 is 0 Å². The largest absolute Gasteiger partial charge is 0.492 e. The average Bonchev–Trinajstić information content (AvgIpc) is 3.21. The third kappa shape index (κ3) is 5.40. The quantitative estimate of drug-likeness (QED) is 0.575. The highest BCUT2D eigenvalue weighted by Crippen LogP contribution is 2.32. The maximum atomic E-state index is 11.5. The number of benzene rings is 2. The summed E-state index contributed by atoms with van der Waals surface area (Å²) in [4.78, 5) is 18.3. The summed E-state index contributed by atoms with van der Waals surface area (Å²) in [6.07, 6.45) is 2.32. The van der Waals surface area contributed by atoms with Gasteiger partial charge in [0.1, 0.15) is 5.75 Å². The van der Waals surface area contributed by atoms with Gasteiger partial charge in [-0.05, 0) is 48.0 Å². The highest BCUT2D eigenvalue weighted by molar-refractivity contribution is 5.90. The third-order valence-electron chi connectivity index (χ3n) is 5.64. The minimum absolute atomic E-state index is 0.0989. The van der Waals surface area contributed by atoms with Gasteiger partial charge in [-0.3, -0.25) is 14.7 Å². The number of ether oxygens (including phenoxy) is 2. The fraction of sp³-hybridized carbons (Fsp3) is 0.360. The van der Waals surface area contributed by atoms with Gasteiger partial charge in [0.15, 0.2) is 0 Å². The minimum atomic E-state index is 0.0989. The fourth-order valence-corrected chi connectivity index (χ4v) is 3.87. The van der Waals surface area contributed by atoms with Crippen LogP contribution in [0.5, 0.6) is 5.75 Å². The Balaban J connectivity index is 1.53. The van der Waals surface area contributed by atoms with Gasteiger partial charge in [0.05, 0.1) is 18.7 Å². The lowest BCUT2D eigenvalue weighted by Gasteiger charge is -2.16. The van der Waals surface area contributed by atoms with Crippen LogP contribution in [0.25, 0.3) is 22.0 Å². The van der Waals surface area contributed by atoms with Gasteiger partial charge in [0, 0.05) is 50.7 Å². The van der Waals surface area contributed by atoms with Crippen molar-refractivity contribution in [3.8, 4) is 16.9 Å². The van der Waals surface area contributed by atoms with E-state index in [4.69, 9.17) is 9.47 Å². The number of aromatic nitrogens is 1. The molecule has 1 saturated heterocycles. The van der Waals surface area contributed by atoms with E-state index in [1.165, 1.54) is 5.56 Å². The number of nitrogens with one attached hydrogen (secondary N) is 1. The Morgan fingerprint density at radius 3 is 2.74 bits per heavy atom. The van der Waals surface area contributed by atoms with E-state index in [0.717, 1.165) is 47.5 Å². The summed E-state index contributed by atoms with van der Waals surface area (Å²) < 4.78 is 11.3. The highest BCUT2D eigenvalue weighted by atomic mass is 16.5. The Labute approximate surface area is 183 Å². The number of likely N-dealkylation sites (N-methyl/N-ethyl adjacent to an activating group) is 1. The molecule has 0 radical (unpaired) electrons. The molecule has 4 rings (SSSR count). The van der Waals surface area contributed by atoms with E-state index in [2.05, 4.69) is 58.6 Å². The lowest BCUT2D eigenvalue weighted by atomic mass is 10.0. The molecule has 31 heavy (non-hydrogen) atoms. The third-order valence-corrected chi connectivity index (χ3v) is 5.64. The molecule has 1 amide bonds. The van der Waals surface area contributed by atoms with Crippen LogP contribution in [-0.4, -0.2) is 56.3 Å². The first-order valence-electron chi connectivity index (χ1n) is 10.7. The van der Waals surface area contributed by atoms with Crippen molar-refractivity contribution < 1.29 is 14.3 Å². The van der Waals surface area contributed by atoms with Crippen molar-refractivity contribution in [2.75, 3.05) is 40.5 Å². The van der Waals surface area contributed by atoms with Crippen LogP contribution in [0.2, 0.25) is 0 Å². The molecule has 1 aliphatic rings. The number of carbonyl (C=O) groups is 1. The number of amides is 1. The van der Waals surface area contributed by atoms with Crippen LogP contribution in [0.15, 0.2) is 54.7 Å². The first-order valence-corrected chi connectivity index (χ1v) is 10.7. The van der Waals surface area contributed by atoms with Gasteiger partial charge in [-0.15, -0.1) is 0 Å². The van der Waals surface area contributed by atoms with Crippen molar-refractivity contribution in [3.63, 3.8) is 0 Å². The van der Waals surface area contributed by atoms with Gasteiger partial charge in [-0.2, -0.15) is 0 Å². The second kappa shape index (κ2) is 9.90. The molecule has 1 aromatic heterocycles. The number of rotatable bonds is 9. The standard InChI is InChI=1S/C25H29N3O3/c1-28(10-11-30-2)16-18-5-7-20(8-6-18)21-13-23-22(4-3-9-26-23)24(14-21)31-17-19-12-25(29)27-15-19/h3-9,13-14,19H,10-12,15-17H2,1-2H3,(H,27,29)/t19-/m1/s1. The smallest absolute Gasteiger partial charge is 0.220 e. The van der Waals surface area contributed by atoms with Crippen molar-refractivity contribution in [3.05, 3.63) is 60.3 Å². The molecule has 0 aliphatic carbocycles. The molecule has 0 unspecified atom stereocenters. The monoisotopic (exact) mass is 419 g/mol. The van der Waals surface area contributed by atoms with Crippen molar-refractivity contribution in [1.82, 2.24) is 15.2 Å². The number of pyridine rings is 1. The fourth-order valence-electron chi connectivity index (χ4n) is 3.87. The lowest BCUT2D eigenvalue weighted by molar-refractivity contribution is -0.119. The Bertz CT molecular complexity index is 1040. The Kier molecular flexibility index (Phi) is 6.79. The zero-order valence-corrected chi connectivity index (χ0v) is 18.1. The van der Waals surface area contributed by atoms with Crippen LogP contribution >= 0.6 is 0 Å². The van der Waals surface area contributed by atoms with Crippen LogP contribution in [-0.2, 0) is 16.1 Å². The van der Waals surface area contributed by atoms with E-state index in [0.29, 0.717) is 19.6 Å². The number of methoxy groups -OCH3 is 1. The van der Waals surface area contributed by atoms with Crippen molar-refractivity contribution in [2.24, 2.45) is 5.92 Å². The molecule has 0 bridgehead atoms. The molecule has 0 spiro atoms. The van der Waals surface area contributed by atoms with E-state index in [-0.39, 0.29) is 11.8 Å². The number of hydrogen-bond donors (Lipinski definition) is 1. The van der Waals surface area contributed by atoms with Gasteiger partial charge in [-0.1, -0.05) is 24.3 Å². The van der Waals surface area contributed by atoms with Gasteiger partial charge in [-0.25, -0.2) is 0 Å². The van der Waals surface area contributed by atoms with Gasteiger partial charge >= 0.3 is 0 Å². The van der Waals surface area contributed by atoms with E-state index in [1.54, 1.807) is 13.3 Å². The van der Waals surface area contributed by atoms with Crippen molar-refractivity contribution >= 4 is 16.8 Å². The van der Waals surface area contributed by atoms with Crippen LogP contribution in [0.4, 0.5) is 0 Å². The predicted molar refractivity (Wildman–Crippen MR) is 122 cm³/mol. The number of hydrogen-bond acceptors (Lipinski definition) is 5. The Morgan fingerprint density at radius 1 is 1.16 bits per heavy atom. The summed E-state index contributed by atoms with van der Waals surface area (Å²) >= 11 is 0.